The van der Waals surface area contributed by atoms with Gasteiger partial charge in [0.15, 0.2) is 5.96 Å². The minimum absolute atomic E-state index is 0.492. The van der Waals surface area contributed by atoms with E-state index >= 15 is 0 Å². The fourth-order valence-corrected chi connectivity index (χ4v) is 2.33. The molecule has 0 radical (unpaired) electrons. The Morgan fingerprint density at radius 1 is 1.41 bits per heavy atom. The van der Waals surface area contributed by atoms with E-state index in [0.717, 1.165) is 29.8 Å². The minimum atomic E-state index is 0.492. The van der Waals surface area contributed by atoms with E-state index in [9.17, 15) is 0 Å². The Balaban J connectivity index is 2.34. The van der Waals surface area contributed by atoms with Crippen LogP contribution in [0.1, 0.15) is 30.9 Å². The molecule has 0 amide bonds. The van der Waals surface area contributed by atoms with Crippen LogP contribution in [-0.2, 0) is 0 Å². The van der Waals surface area contributed by atoms with E-state index in [-0.39, 0.29) is 0 Å². The molecule has 1 aromatic rings. The molecule has 0 bridgehead atoms. The van der Waals surface area contributed by atoms with E-state index in [1.165, 1.54) is 11.1 Å². The van der Waals surface area contributed by atoms with Crippen molar-refractivity contribution in [3.05, 3.63) is 28.3 Å². The SMILES string of the molecule is Cc1c(C(C)C)ccc(Cl)c1NC1=NCCN1. The fourth-order valence-electron chi connectivity index (χ4n) is 2.07. The molecule has 4 heteroatoms. The normalized spacial score (nSPS) is 14.8. The van der Waals surface area contributed by atoms with E-state index < -0.39 is 0 Å². The van der Waals surface area contributed by atoms with Crippen molar-refractivity contribution in [2.24, 2.45) is 4.99 Å². The highest BCUT2D eigenvalue weighted by Gasteiger charge is 2.13. The van der Waals surface area contributed by atoms with Crippen molar-refractivity contribution in [2.45, 2.75) is 26.7 Å². The first-order valence-electron chi connectivity index (χ1n) is 5.94. The number of nitrogens with one attached hydrogen (secondary N) is 2. The first kappa shape index (κ1) is 12.2. The Morgan fingerprint density at radius 3 is 2.76 bits per heavy atom. The second-order valence-electron chi connectivity index (χ2n) is 4.57. The molecule has 0 saturated carbocycles. The van der Waals surface area contributed by atoms with Crippen molar-refractivity contribution >= 4 is 23.2 Å². The van der Waals surface area contributed by atoms with Crippen molar-refractivity contribution in [1.82, 2.24) is 5.32 Å². The van der Waals surface area contributed by atoms with Crippen LogP contribution in [0.3, 0.4) is 0 Å². The number of rotatable bonds is 2. The molecule has 2 N–H and O–H groups in total. The zero-order valence-electron chi connectivity index (χ0n) is 10.5. The van der Waals surface area contributed by atoms with E-state index in [4.69, 9.17) is 11.6 Å². The maximum absolute atomic E-state index is 6.24. The van der Waals surface area contributed by atoms with Crippen LogP contribution in [0.4, 0.5) is 5.69 Å². The van der Waals surface area contributed by atoms with Crippen LogP contribution in [0.25, 0.3) is 0 Å². The van der Waals surface area contributed by atoms with Gasteiger partial charge in [-0.25, -0.2) is 0 Å². The second kappa shape index (κ2) is 4.96. The summed E-state index contributed by atoms with van der Waals surface area (Å²) in [5.41, 5.74) is 3.48. The molecule has 1 aromatic carbocycles. The second-order valence-corrected chi connectivity index (χ2v) is 4.98. The van der Waals surface area contributed by atoms with Crippen LogP contribution >= 0.6 is 11.6 Å². The van der Waals surface area contributed by atoms with Crippen molar-refractivity contribution < 1.29 is 0 Å². The molecule has 0 fully saturated rings. The van der Waals surface area contributed by atoms with Crippen molar-refractivity contribution in [3.8, 4) is 0 Å². The molecule has 3 nitrogen and oxygen atoms in total. The number of hydrogen-bond donors (Lipinski definition) is 2. The number of nitrogens with zero attached hydrogens (tertiary/aromatic N) is 1. The molecule has 17 heavy (non-hydrogen) atoms. The summed E-state index contributed by atoms with van der Waals surface area (Å²) in [5, 5.41) is 7.21. The molecule has 0 saturated heterocycles. The molecule has 92 valence electrons. The fraction of sp³-hybridized carbons (Fsp3) is 0.462. The molecule has 1 aliphatic rings. The average molecular weight is 252 g/mol. The van der Waals surface area contributed by atoms with Crippen LogP contribution in [0.2, 0.25) is 5.02 Å². The van der Waals surface area contributed by atoms with Gasteiger partial charge < -0.3 is 10.6 Å². The molecular formula is C13H18ClN3. The molecule has 0 aromatic heterocycles. The number of benzene rings is 1. The van der Waals surface area contributed by atoms with Crippen LogP contribution in [0, 0.1) is 6.92 Å². The van der Waals surface area contributed by atoms with Gasteiger partial charge in [-0.05, 0) is 30.0 Å². The van der Waals surface area contributed by atoms with Crippen molar-refractivity contribution in [1.29, 1.82) is 0 Å². The van der Waals surface area contributed by atoms with E-state index in [0.29, 0.717) is 5.92 Å². The number of hydrogen-bond acceptors (Lipinski definition) is 3. The molecular weight excluding hydrogens is 234 g/mol. The lowest BCUT2D eigenvalue weighted by molar-refractivity contribution is 0.857. The third kappa shape index (κ3) is 2.55. The topological polar surface area (TPSA) is 36.4 Å². The Morgan fingerprint density at radius 2 is 2.18 bits per heavy atom. The van der Waals surface area contributed by atoms with E-state index in [1.54, 1.807) is 0 Å². The van der Waals surface area contributed by atoms with Gasteiger partial charge in [0, 0.05) is 6.54 Å². The molecule has 1 heterocycles. The largest absolute Gasteiger partial charge is 0.354 e. The van der Waals surface area contributed by atoms with Crippen LogP contribution < -0.4 is 10.6 Å². The smallest absolute Gasteiger partial charge is 0.195 e. The summed E-state index contributed by atoms with van der Waals surface area (Å²) in [4.78, 5) is 4.32. The lowest BCUT2D eigenvalue weighted by Gasteiger charge is -2.17. The first-order chi connectivity index (χ1) is 8.09. The van der Waals surface area contributed by atoms with Gasteiger partial charge in [0.25, 0.3) is 0 Å². The van der Waals surface area contributed by atoms with Gasteiger partial charge in [0.1, 0.15) is 0 Å². The van der Waals surface area contributed by atoms with Crippen molar-refractivity contribution in [2.75, 3.05) is 18.4 Å². The zero-order chi connectivity index (χ0) is 12.4. The number of guanidine groups is 1. The summed E-state index contributed by atoms with van der Waals surface area (Å²) in [6.45, 7) is 8.18. The Labute approximate surface area is 107 Å². The standard InChI is InChI=1S/C13H18ClN3/c1-8(2)10-4-5-11(14)12(9(10)3)17-13-15-6-7-16-13/h4-5,8H,6-7H2,1-3H3,(H2,15,16,17). The first-order valence-corrected chi connectivity index (χ1v) is 6.31. The Hall–Kier alpha value is -1.22. The molecule has 1 aliphatic heterocycles. The molecule has 0 spiro atoms. The van der Waals surface area contributed by atoms with Gasteiger partial charge in [-0.2, -0.15) is 0 Å². The van der Waals surface area contributed by atoms with E-state index in [1.807, 2.05) is 6.07 Å². The van der Waals surface area contributed by atoms with Gasteiger partial charge in [-0.1, -0.05) is 31.5 Å². The molecule has 0 unspecified atom stereocenters. The minimum Gasteiger partial charge on any atom is -0.354 e. The van der Waals surface area contributed by atoms with Gasteiger partial charge >= 0.3 is 0 Å². The Kier molecular flexibility index (Phi) is 3.57. The van der Waals surface area contributed by atoms with Gasteiger partial charge in [-0.15, -0.1) is 0 Å². The van der Waals surface area contributed by atoms with Crippen LogP contribution in [0.15, 0.2) is 17.1 Å². The summed E-state index contributed by atoms with van der Waals surface area (Å²) < 4.78 is 0. The third-order valence-electron chi connectivity index (χ3n) is 3.00. The molecule has 0 atom stereocenters. The molecule has 0 aliphatic carbocycles. The highest BCUT2D eigenvalue weighted by molar-refractivity contribution is 6.34. The maximum Gasteiger partial charge on any atom is 0.195 e. The van der Waals surface area contributed by atoms with Crippen molar-refractivity contribution in [3.63, 3.8) is 0 Å². The Bertz CT molecular complexity index is 452. The lowest BCUT2D eigenvalue weighted by atomic mass is 9.97. The molecule has 2 rings (SSSR count). The zero-order valence-corrected chi connectivity index (χ0v) is 11.2. The average Bonchev–Trinajstić information content (AvgIpc) is 2.76. The van der Waals surface area contributed by atoms with Gasteiger partial charge in [0.2, 0.25) is 0 Å². The highest BCUT2D eigenvalue weighted by Crippen LogP contribution is 2.31. The predicted molar refractivity (Wildman–Crippen MR) is 74.2 cm³/mol. The predicted octanol–water partition coefficient (Wildman–Crippen LogP) is 3.14. The number of halogens is 1. The van der Waals surface area contributed by atoms with E-state index in [2.05, 4.69) is 42.5 Å². The summed E-state index contributed by atoms with van der Waals surface area (Å²) in [6.07, 6.45) is 0. The van der Waals surface area contributed by atoms with Gasteiger partial charge in [-0.3, -0.25) is 4.99 Å². The van der Waals surface area contributed by atoms with Gasteiger partial charge in [0.05, 0.1) is 17.3 Å². The summed E-state index contributed by atoms with van der Waals surface area (Å²) in [6, 6.07) is 4.04. The maximum atomic E-state index is 6.24. The third-order valence-corrected chi connectivity index (χ3v) is 3.31. The quantitative estimate of drug-likeness (QED) is 0.847. The monoisotopic (exact) mass is 251 g/mol. The number of aliphatic imine (C=N–C) groups is 1. The lowest BCUT2D eigenvalue weighted by Crippen LogP contribution is -2.26. The van der Waals surface area contributed by atoms with Crippen LogP contribution in [-0.4, -0.2) is 19.0 Å². The summed E-state index contributed by atoms with van der Waals surface area (Å²) in [5.74, 6) is 1.31. The summed E-state index contributed by atoms with van der Waals surface area (Å²) in [7, 11) is 0. The number of anilines is 1. The highest BCUT2D eigenvalue weighted by atomic mass is 35.5. The summed E-state index contributed by atoms with van der Waals surface area (Å²) >= 11 is 6.24. The van der Waals surface area contributed by atoms with Crippen LogP contribution in [0.5, 0.6) is 0 Å².